The van der Waals surface area contributed by atoms with E-state index in [2.05, 4.69) is 10.3 Å². The summed E-state index contributed by atoms with van der Waals surface area (Å²) in [6.45, 7) is 3.84. The van der Waals surface area contributed by atoms with Gasteiger partial charge in [-0.1, -0.05) is 13.8 Å². The number of hydrogen-bond donors (Lipinski definition) is 2. The summed E-state index contributed by atoms with van der Waals surface area (Å²) in [6, 6.07) is 7.21. The number of rotatable bonds is 4. The van der Waals surface area contributed by atoms with E-state index in [4.69, 9.17) is 4.74 Å². The minimum atomic E-state index is -0.188. The van der Waals surface area contributed by atoms with Crippen LogP contribution in [0.5, 0.6) is 5.75 Å². The Morgan fingerprint density at radius 3 is 2.75 bits per heavy atom. The second-order valence-corrected chi connectivity index (χ2v) is 4.95. The van der Waals surface area contributed by atoms with Crippen molar-refractivity contribution in [1.82, 2.24) is 10.3 Å². The average molecular weight is 274 g/mol. The highest BCUT2D eigenvalue weighted by molar-refractivity contribution is 5.81. The summed E-state index contributed by atoms with van der Waals surface area (Å²) in [5, 5.41) is 3.62. The van der Waals surface area contributed by atoms with Crippen molar-refractivity contribution in [1.29, 1.82) is 0 Å². The van der Waals surface area contributed by atoms with Gasteiger partial charge in [-0.25, -0.2) is 0 Å². The molecule has 0 unspecified atom stereocenters. The van der Waals surface area contributed by atoms with E-state index in [9.17, 15) is 9.59 Å². The van der Waals surface area contributed by atoms with E-state index in [-0.39, 0.29) is 23.9 Å². The lowest BCUT2D eigenvalue weighted by Crippen LogP contribution is -2.29. The van der Waals surface area contributed by atoms with Crippen LogP contribution in [0.25, 0.3) is 10.9 Å². The van der Waals surface area contributed by atoms with Crippen molar-refractivity contribution in [3.05, 3.63) is 40.2 Å². The maximum Gasteiger partial charge on any atom is 0.253 e. The maximum absolute atomic E-state index is 11.9. The van der Waals surface area contributed by atoms with Gasteiger partial charge >= 0.3 is 0 Å². The number of carbonyl (C=O) groups excluding carboxylic acids is 1. The molecule has 5 nitrogen and oxygen atoms in total. The van der Waals surface area contributed by atoms with E-state index in [1.165, 1.54) is 0 Å². The van der Waals surface area contributed by atoms with Crippen LogP contribution in [-0.4, -0.2) is 18.0 Å². The van der Waals surface area contributed by atoms with Gasteiger partial charge in [0, 0.05) is 28.9 Å². The van der Waals surface area contributed by atoms with Gasteiger partial charge in [0.15, 0.2) is 0 Å². The van der Waals surface area contributed by atoms with Crippen LogP contribution >= 0.6 is 0 Å². The summed E-state index contributed by atoms with van der Waals surface area (Å²) >= 11 is 0. The fraction of sp³-hybridized carbons (Fsp3) is 0.333. The summed E-state index contributed by atoms with van der Waals surface area (Å²) in [4.78, 5) is 26.3. The van der Waals surface area contributed by atoms with E-state index in [1.54, 1.807) is 25.3 Å². The number of ether oxygens (including phenoxy) is 1. The largest absolute Gasteiger partial charge is 0.497 e. The molecule has 1 aromatic heterocycles. The molecule has 0 aliphatic heterocycles. The third-order valence-electron chi connectivity index (χ3n) is 3.11. The van der Waals surface area contributed by atoms with Crippen molar-refractivity contribution in [2.75, 3.05) is 7.11 Å². The number of methoxy groups -OCH3 is 1. The minimum Gasteiger partial charge on any atom is -0.497 e. The van der Waals surface area contributed by atoms with Crippen molar-refractivity contribution < 1.29 is 9.53 Å². The molecule has 0 aliphatic rings. The Hall–Kier alpha value is -2.30. The first-order valence-corrected chi connectivity index (χ1v) is 6.49. The van der Waals surface area contributed by atoms with Gasteiger partial charge in [0.25, 0.3) is 5.56 Å². The Labute approximate surface area is 117 Å². The topological polar surface area (TPSA) is 71.2 Å². The highest BCUT2D eigenvalue weighted by Gasteiger charge is 2.08. The molecule has 106 valence electrons. The molecular weight excluding hydrogens is 256 g/mol. The lowest BCUT2D eigenvalue weighted by Gasteiger charge is -2.08. The third kappa shape index (κ3) is 2.99. The summed E-state index contributed by atoms with van der Waals surface area (Å²) in [5.74, 6) is 0.548. The van der Waals surface area contributed by atoms with E-state index >= 15 is 0 Å². The number of carbonyl (C=O) groups is 1. The highest BCUT2D eigenvalue weighted by atomic mass is 16.5. The Bertz CT molecular complexity index is 689. The molecule has 5 heteroatoms. The first-order chi connectivity index (χ1) is 9.51. The predicted octanol–water partition coefficient (Wildman–Crippen LogP) is 1.81. The zero-order valence-corrected chi connectivity index (χ0v) is 11.8. The zero-order valence-electron chi connectivity index (χ0n) is 11.8. The minimum absolute atomic E-state index is 0.0739. The molecule has 0 atom stereocenters. The van der Waals surface area contributed by atoms with Crippen molar-refractivity contribution >= 4 is 16.8 Å². The number of nitrogens with one attached hydrogen (secondary N) is 2. The number of pyridine rings is 1. The van der Waals surface area contributed by atoms with Gasteiger partial charge in [-0.15, -0.1) is 0 Å². The van der Waals surface area contributed by atoms with Crippen molar-refractivity contribution in [3.8, 4) is 5.75 Å². The number of H-pyrrole nitrogens is 1. The van der Waals surface area contributed by atoms with Gasteiger partial charge in [-0.3, -0.25) is 9.59 Å². The van der Waals surface area contributed by atoms with E-state index in [1.807, 2.05) is 19.9 Å². The highest BCUT2D eigenvalue weighted by Crippen LogP contribution is 2.18. The molecule has 0 spiro atoms. The second kappa shape index (κ2) is 5.77. The molecule has 0 aliphatic carbocycles. The molecule has 0 radical (unpaired) electrons. The van der Waals surface area contributed by atoms with Crippen LogP contribution < -0.4 is 15.6 Å². The molecule has 2 aromatic rings. The van der Waals surface area contributed by atoms with Crippen LogP contribution in [0, 0.1) is 5.92 Å². The Kier molecular flexibility index (Phi) is 4.08. The maximum atomic E-state index is 11.9. The number of aromatic nitrogens is 1. The zero-order chi connectivity index (χ0) is 14.7. The van der Waals surface area contributed by atoms with Gasteiger partial charge < -0.3 is 15.0 Å². The standard InChI is InChI=1S/C15H18N2O3/c1-9(2)14(18)16-8-11-6-10-7-12(20-3)4-5-13(10)17-15(11)19/h4-7,9H,8H2,1-3H3,(H,16,18)(H,17,19). The third-order valence-corrected chi connectivity index (χ3v) is 3.11. The van der Waals surface area contributed by atoms with Crippen LogP contribution in [-0.2, 0) is 11.3 Å². The molecule has 2 rings (SSSR count). The monoisotopic (exact) mass is 274 g/mol. The molecule has 1 heterocycles. The molecule has 0 saturated heterocycles. The van der Waals surface area contributed by atoms with Crippen LogP contribution in [0.4, 0.5) is 0 Å². The molecule has 20 heavy (non-hydrogen) atoms. The van der Waals surface area contributed by atoms with Crippen LogP contribution in [0.1, 0.15) is 19.4 Å². The fourth-order valence-electron chi connectivity index (χ4n) is 1.87. The molecular formula is C15H18N2O3. The molecule has 0 bridgehead atoms. The fourth-order valence-corrected chi connectivity index (χ4v) is 1.87. The molecule has 1 amide bonds. The SMILES string of the molecule is COc1ccc2[nH]c(=O)c(CNC(=O)C(C)C)cc2c1. The Morgan fingerprint density at radius 1 is 1.35 bits per heavy atom. The van der Waals surface area contributed by atoms with Crippen molar-refractivity contribution in [2.45, 2.75) is 20.4 Å². The van der Waals surface area contributed by atoms with Gasteiger partial charge in [-0.05, 0) is 24.3 Å². The first kappa shape index (κ1) is 14.1. The number of hydrogen-bond acceptors (Lipinski definition) is 3. The van der Waals surface area contributed by atoms with Gasteiger partial charge in [0.2, 0.25) is 5.91 Å². The van der Waals surface area contributed by atoms with Crippen LogP contribution in [0.3, 0.4) is 0 Å². The number of benzene rings is 1. The quantitative estimate of drug-likeness (QED) is 0.893. The smallest absolute Gasteiger partial charge is 0.253 e. The predicted molar refractivity (Wildman–Crippen MR) is 77.8 cm³/mol. The summed E-state index contributed by atoms with van der Waals surface area (Å²) in [7, 11) is 1.59. The van der Waals surface area contributed by atoms with E-state index < -0.39 is 0 Å². The van der Waals surface area contributed by atoms with Crippen molar-refractivity contribution in [2.24, 2.45) is 5.92 Å². The Morgan fingerprint density at radius 2 is 2.10 bits per heavy atom. The molecule has 2 N–H and O–H groups in total. The average Bonchev–Trinajstić information content (AvgIpc) is 2.44. The summed E-state index contributed by atoms with van der Waals surface area (Å²) < 4.78 is 5.16. The van der Waals surface area contributed by atoms with Crippen molar-refractivity contribution in [3.63, 3.8) is 0 Å². The van der Waals surface area contributed by atoms with E-state index in [0.29, 0.717) is 5.56 Å². The molecule has 0 saturated carbocycles. The van der Waals surface area contributed by atoms with E-state index in [0.717, 1.165) is 16.7 Å². The van der Waals surface area contributed by atoms with Crippen LogP contribution in [0.15, 0.2) is 29.1 Å². The summed E-state index contributed by atoms with van der Waals surface area (Å²) in [5.41, 5.74) is 1.08. The molecule has 0 fully saturated rings. The first-order valence-electron chi connectivity index (χ1n) is 6.49. The van der Waals surface area contributed by atoms with Gasteiger partial charge in [0.05, 0.1) is 7.11 Å². The van der Waals surface area contributed by atoms with Gasteiger partial charge in [0.1, 0.15) is 5.75 Å². The number of aromatic amines is 1. The van der Waals surface area contributed by atoms with Gasteiger partial charge in [-0.2, -0.15) is 0 Å². The number of fused-ring (bicyclic) bond motifs is 1. The second-order valence-electron chi connectivity index (χ2n) is 4.95. The number of amides is 1. The van der Waals surface area contributed by atoms with Crippen LogP contribution in [0.2, 0.25) is 0 Å². The summed E-state index contributed by atoms with van der Waals surface area (Å²) in [6.07, 6.45) is 0. The Balaban J connectivity index is 2.31. The lowest BCUT2D eigenvalue weighted by atomic mass is 10.1. The molecule has 1 aromatic carbocycles. The normalized spacial score (nSPS) is 10.8. The lowest BCUT2D eigenvalue weighted by molar-refractivity contribution is -0.124.